The second-order valence-corrected chi connectivity index (χ2v) is 8.86. The Labute approximate surface area is 197 Å². The van der Waals surface area contributed by atoms with E-state index in [1.807, 2.05) is 54.6 Å². The molecule has 8 heteroatoms. The number of esters is 1. The van der Waals surface area contributed by atoms with Crippen LogP contribution >= 0.6 is 11.8 Å². The van der Waals surface area contributed by atoms with Crippen LogP contribution in [0.2, 0.25) is 0 Å². The summed E-state index contributed by atoms with van der Waals surface area (Å²) in [5.74, 6) is -0.918. The number of methoxy groups -OCH3 is 1. The molecule has 0 fully saturated rings. The number of thioether (sulfide) groups is 1. The van der Waals surface area contributed by atoms with Gasteiger partial charge in [0.05, 0.1) is 19.2 Å². The molecule has 0 saturated carbocycles. The second kappa shape index (κ2) is 12.0. The molecule has 172 valence electrons. The van der Waals surface area contributed by atoms with Crippen molar-refractivity contribution < 1.29 is 19.1 Å². The topological polar surface area (TPSA) is 101 Å². The highest BCUT2D eigenvalue weighted by Crippen LogP contribution is 2.20. The van der Waals surface area contributed by atoms with Crippen molar-refractivity contribution in [1.29, 1.82) is 0 Å². The summed E-state index contributed by atoms with van der Waals surface area (Å²) in [5.41, 5.74) is 3.84. The van der Waals surface area contributed by atoms with Gasteiger partial charge in [-0.15, -0.1) is 0 Å². The van der Waals surface area contributed by atoms with Gasteiger partial charge in [-0.2, -0.15) is 5.10 Å². The smallest absolute Gasteiger partial charge is 0.328 e. The maximum atomic E-state index is 13.1. The van der Waals surface area contributed by atoms with E-state index in [4.69, 9.17) is 4.74 Å². The van der Waals surface area contributed by atoms with Crippen molar-refractivity contribution in [2.75, 3.05) is 12.9 Å². The molecular formula is C25H27N3O4S. The van der Waals surface area contributed by atoms with Crippen LogP contribution in [0.15, 0.2) is 67.0 Å². The van der Waals surface area contributed by atoms with E-state index in [9.17, 15) is 14.4 Å². The summed E-state index contributed by atoms with van der Waals surface area (Å²) >= 11 is 1.11. The molecular weight excluding hydrogens is 438 g/mol. The average Bonchev–Trinajstić information content (AvgIpc) is 3.36. The number of H-pyrrole nitrogens is 1. The van der Waals surface area contributed by atoms with Gasteiger partial charge in [-0.05, 0) is 23.1 Å². The Morgan fingerprint density at radius 3 is 2.30 bits per heavy atom. The molecule has 7 nitrogen and oxygen atoms in total. The van der Waals surface area contributed by atoms with Crippen molar-refractivity contribution in [3.63, 3.8) is 0 Å². The number of nitrogens with zero attached hydrogens (tertiary/aromatic N) is 1. The van der Waals surface area contributed by atoms with Crippen LogP contribution in [-0.2, 0) is 32.0 Å². The molecule has 0 saturated heterocycles. The number of carbonyl (C=O) groups is 3. The van der Waals surface area contributed by atoms with Crippen LogP contribution in [0.3, 0.4) is 0 Å². The van der Waals surface area contributed by atoms with Gasteiger partial charge in [0.2, 0.25) is 5.91 Å². The number of amides is 1. The van der Waals surface area contributed by atoms with E-state index in [1.54, 1.807) is 12.4 Å². The number of aromatic nitrogens is 2. The van der Waals surface area contributed by atoms with Gasteiger partial charge in [-0.25, -0.2) is 4.79 Å². The fourth-order valence-corrected chi connectivity index (χ4v) is 4.15. The summed E-state index contributed by atoms with van der Waals surface area (Å²) in [6.45, 7) is 1.48. The Hall–Kier alpha value is -3.39. The van der Waals surface area contributed by atoms with Crippen molar-refractivity contribution in [3.8, 4) is 11.1 Å². The van der Waals surface area contributed by atoms with Crippen LogP contribution in [0, 0.1) is 5.92 Å². The molecule has 1 heterocycles. The first-order chi connectivity index (χ1) is 16.0. The molecule has 2 atom stereocenters. The molecule has 0 aliphatic carbocycles. The third kappa shape index (κ3) is 7.32. The SMILES string of the molecule is COC(=O)[C@H](Cc1ccc(-c2cn[nH]c2)cc1)NC(=O)[C@@H](CSC(C)=O)Cc1ccccc1. The summed E-state index contributed by atoms with van der Waals surface area (Å²) in [7, 11) is 1.30. The van der Waals surface area contributed by atoms with Crippen LogP contribution in [0.25, 0.3) is 11.1 Å². The van der Waals surface area contributed by atoms with Crippen molar-refractivity contribution in [2.24, 2.45) is 5.92 Å². The van der Waals surface area contributed by atoms with Gasteiger partial charge in [0.1, 0.15) is 6.04 Å². The zero-order valence-electron chi connectivity index (χ0n) is 18.6. The number of hydrogen-bond acceptors (Lipinski definition) is 6. The summed E-state index contributed by atoms with van der Waals surface area (Å²) in [6.07, 6.45) is 4.30. The minimum absolute atomic E-state index is 0.0527. The Morgan fingerprint density at radius 2 is 1.70 bits per heavy atom. The minimum Gasteiger partial charge on any atom is -0.467 e. The molecule has 2 aromatic carbocycles. The van der Waals surface area contributed by atoms with Gasteiger partial charge < -0.3 is 10.1 Å². The van der Waals surface area contributed by atoms with Crippen LogP contribution in [0.4, 0.5) is 0 Å². The predicted octanol–water partition coefficient (Wildman–Crippen LogP) is 3.42. The lowest BCUT2D eigenvalue weighted by atomic mass is 9.98. The highest BCUT2D eigenvalue weighted by molar-refractivity contribution is 8.13. The molecule has 2 N–H and O–H groups in total. The normalized spacial score (nSPS) is 12.5. The molecule has 33 heavy (non-hydrogen) atoms. The van der Waals surface area contributed by atoms with E-state index in [1.165, 1.54) is 14.0 Å². The van der Waals surface area contributed by atoms with E-state index in [0.29, 0.717) is 18.6 Å². The van der Waals surface area contributed by atoms with E-state index < -0.39 is 17.9 Å². The van der Waals surface area contributed by atoms with Gasteiger partial charge in [-0.3, -0.25) is 14.7 Å². The number of ether oxygens (including phenoxy) is 1. The van der Waals surface area contributed by atoms with Crippen molar-refractivity contribution in [3.05, 3.63) is 78.1 Å². The maximum Gasteiger partial charge on any atom is 0.328 e. The average molecular weight is 466 g/mol. The van der Waals surface area contributed by atoms with Gasteiger partial charge in [0.15, 0.2) is 5.12 Å². The quantitative estimate of drug-likeness (QED) is 0.445. The van der Waals surface area contributed by atoms with Crippen LogP contribution in [-0.4, -0.2) is 46.1 Å². The van der Waals surface area contributed by atoms with E-state index in [2.05, 4.69) is 15.5 Å². The maximum absolute atomic E-state index is 13.1. The molecule has 0 aliphatic heterocycles. The lowest BCUT2D eigenvalue weighted by Crippen LogP contribution is -2.46. The molecule has 0 spiro atoms. The number of carbonyl (C=O) groups excluding carboxylic acids is 3. The van der Waals surface area contributed by atoms with Crippen LogP contribution in [0.5, 0.6) is 0 Å². The number of nitrogens with one attached hydrogen (secondary N) is 2. The zero-order chi connectivity index (χ0) is 23.6. The monoisotopic (exact) mass is 465 g/mol. The molecule has 0 radical (unpaired) electrons. The first kappa shape index (κ1) is 24.3. The first-order valence-electron chi connectivity index (χ1n) is 10.6. The Bertz CT molecular complexity index is 1050. The van der Waals surface area contributed by atoms with Gasteiger partial charge in [0.25, 0.3) is 0 Å². The molecule has 1 aromatic heterocycles. The Morgan fingerprint density at radius 1 is 1.00 bits per heavy atom. The highest BCUT2D eigenvalue weighted by Gasteiger charge is 2.27. The highest BCUT2D eigenvalue weighted by atomic mass is 32.2. The van der Waals surface area contributed by atoms with E-state index >= 15 is 0 Å². The molecule has 3 rings (SSSR count). The largest absolute Gasteiger partial charge is 0.467 e. The second-order valence-electron chi connectivity index (χ2n) is 7.66. The van der Waals surface area contributed by atoms with E-state index in [-0.39, 0.29) is 11.0 Å². The predicted molar refractivity (Wildman–Crippen MR) is 128 cm³/mol. The number of aromatic amines is 1. The fraction of sp³-hybridized carbons (Fsp3) is 0.280. The molecule has 0 unspecified atom stereocenters. The van der Waals surface area contributed by atoms with E-state index in [0.717, 1.165) is 34.0 Å². The lowest BCUT2D eigenvalue weighted by Gasteiger charge is -2.21. The number of hydrogen-bond donors (Lipinski definition) is 2. The van der Waals surface area contributed by atoms with Crippen LogP contribution < -0.4 is 5.32 Å². The summed E-state index contributed by atoms with van der Waals surface area (Å²) in [6, 6.07) is 16.5. The van der Waals surface area contributed by atoms with Crippen LogP contribution in [0.1, 0.15) is 18.1 Å². The third-order valence-corrected chi connectivity index (χ3v) is 6.19. The van der Waals surface area contributed by atoms with Crippen molar-refractivity contribution in [2.45, 2.75) is 25.8 Å². The molecule has 0 bridgehead atoms. The molecule has 0 aliphatic rings. The summed E-state index contributed by atoms with van der Waals surface area (Å²) in [4.78, 5) is 37.1. The number of benzene rings is 2. The Balaban J connectivity index is 1.71. The number of rotatable bonds is 10. The third-order valence-electron chi connectivity index (χ3n) is 5.21. The molecule has 3 aromatic rings. The minimum atomic E-state index is -0.831. The summed E-state index contributed by atoms with van der Waals surface area (Å²) in [5, 5.41) is 9.53. The summed E-state index contributed by atoms with van der Waals surface area (Å²) < 4.78 is 4.94. The fourth-order valence-electron chi connectivity index (χ4n) is 3.45. The van der Waals surface area contributed by atoms with Gasteiger partial charge in [0, 0.05) is 30.9 Å². The first-order valence-corrected chi connectivity index (χ1v) is 11.6. The van der Waals surface area contributed by atoms with Gasteiger partial charge >= 0.3 is 5.97 Å². The Kier molecular flexibility index (Phi) is 8.83. The van der Waals surface area contributed by atoms with Crippen molar-refractivity contribution in [1.82, 2.24) is 15.5 Å². The molecule has 1 amide bonds. The van der Waals surface area contributed by atoms with Gasteiger partial charge in [-0.1, -0.05) is 66.4 Å². The zero-order valence-corrected chi connectivity index (χ0v) is 19.4. The lowest BCUT2D eigenvalue weighted by molar-refractivity contribution is -0.145. The van der Waals surface area contributed by atoms with Crippen molar-refractivity contribution >= 4 is 28.8 Å². The standard InChI is InChI=1S/C25H27N3O4S/c1-17(29)33-16-21(12-18-6-4-3-5-7-18)24(30)28-23(25(31)32-2)13-19-8-10-20(11-9-19)22-14-26-27-15-22/h3-11,14-15,21,23H,12-13,16H2,1-2H3,(H,26,27)(H,28,30)/t21-,23+/m1/s1.